The molecule has 0 unspecified atom stereocenters. The molecule has 0 saturated carbocycles. The number of aryl methyl sites for hydroxylation is 1. The largest absolute Gasteiger partial charge is 0.317 e. The number of benzene rings is 1. The number of halogens is 3. The lowest BCUT2D eigenvalue weighted by Crippen LogP contribution is -2.27. The van der Waals surface area contributed by atoms with Crippen molar-refractivity contribution in [3.8, 4) is 11.3 Å². The maximum Gasteiger partial charge on any atom is 0.153 e. The minimum absolute atomic E-state index is 0. The summed E-state index contributed by atoms with van der Waals surface area (Å²) in [6, 6.07) is 8.94. The van der Waals surface area contributed by atoms with E-state index in [9.17, 15) is 4.39 Å². The molecule has 5 rings (SSSR count). The van der Waals surface area contributed by atoms with Gasteiger partial charge < -0.3 is 5.32 Å². The van der Waals surface area contributed by atoms with Gasteiger partial charge in [-0.05, 0) is 63.2 Å². The van der Waals surface area contributed by atoms with Crippen molar-refractivity contribution in [2.45, 2.75) is 25.7 Å². The first kappa shape index (κ1) is 21.4. The lowest BCUT2D eigenvalue weighted by atomic mass is 9.93. The van der Waals surface area contributed by atoms with Crippen LogP contribution in [0, 0.1) is 12.7 Å². The SMILES string of the molecule is Cc1cn2nc(-c3cc(F)c4cc(C5CCNCC5)nnc4c3)ccc2n1.Cl.Cl. The highest BCUT2D eigenvalue weighted by Gasteiger charge is 2.18. The lowest BCUT2D eigenvalue weighted by Gasteiger charge is -2.21. The van der Waals surface area contributed by atoms with Gasteiger partial charge in [-0.3, -0.25) is 0 Å². The number of rotatable bonds is 2. The molecule has 0 amide bonds. The molecular formula is C20H21Cl2FN6. The topological polar surface area (TPSA) is 68.0 Å². The maximum atomic E-state index is 14.9. The van der Waals surface area contributed by atoms with Crippen molar-refractivity contribution in [3.05, 3.63) is 53.7 Å². The molecule has 0 spiro atoms. The molecule has 6 nitrogen and oxygen atoms in total. The van der Waals surface area contributed by atoms with Gasteiger partial charge in [0.2, 0.25) is 0 Å². The zero-order valence-electron chi connectivity index (χ0n) is 15.8. The molecule has 4 heterocycles. The van der Waals surface area contributed by atoms with E-state index in [-0.39, 0.29) is 30.6 Å². The average Bonchev–Trinajstić information content (AvgIpc) is 3.07. The summed E-state index contributed by atoms with van der Waals surface area (Å²) in [5.74, 6) is 0.0482. The zero-order chi connectivity index (χ0) is 18.4. The standard InChI is InChI=1S/C20H19FN6.2ClH/c1-12-11-27-20(23-12)3-2-17(26-27)14-8-16(21)15-10-18(24-25-19(15)9-14)13-4-6-22-7-5-13;;/h2-3,8-11,13,22H,4-7H2,1H3;2*1H. The van der Waals surface area contributed by atoms with Gasteiger partial charge in [0, 0.05) is 16.9 Å². The first-order valence-electron chi connectivity index (χ1n) is 9.18. The van der Waals surface area contributed by atoms with Crippen molar-refractivity contribution in [1.29, 1.82) is 0 Å². The normalized spacial score (nSPS) is 14.6. The second-order valence-corrected chi connectivity index (χ2v) is 7.09. The minimum Gasteiger partial charge on any atom is -0.317 e. The molecule has 0 radical (unpaired) electrons. The Morgan fingerprint density at radius 1 is 1.07 bits per heavy atom. The van der Waals surface area contributed by atoms with Gasteiger partial charge in [-0.2, -0.15) is 15.3 Å². The molecule has 3 aromatic heterocycles. The van der Waals surface area contributed by atoms with E-state index in [0.29, 0.717) is 28.1 Å². The predicted molar refractivity (Wildman–Crippen MR) is 116 cm³/mol. The van der Waals surface area contributed by atoms with E-state index in [4.69, 9.17) is 0 Å². The van der Waals surface area contributed by atoms with Crippen LogP contribution in [0.4, 0.5) is 4.39 Å². The van der Waals surface area contributed by atoms with E-state index in [2.05, 4.69) is 25.6 Å². The van der Waals surface area contributed by atoms with Gasteiger partial charge in [-0.25, -0.2) is 13.9 Å². The number of fused-ring (bicyclic) bond motifs is 2. The zero-order valence-corrected chi connectivity index (χ0v) is 17.4. The van der Waals surface area contributed by atoms with Crippen LogP contribution in [0.15, 0.2) is 36.5 Å². The number of hydrogen-bond acceptors (Lipinski definition) is 5. The first-order valence-corrected chi connectivity index (χ1v) is 9.18. The van der Waals surface area contributed by atoms with Crippen LogP contribution in [-0.2, 0) is 0 Å². The van der Waals surface area contributed by atoms with Gasteiger partial charge in [0.15, 0.2) is 5.65 Å². The molecule has 0 aliphatic carbocycles. The van der Waals surface area contributed by atoms with E-state index in [0.717, 1.165) is 43.0 Å². The Bertz CT molecular complexity index is 1160. The van der Waals surface area contributed by atoms with E-state index in [1.165, 1.54) is 6.07 Å². The summed E-state index contributed by atoms with van der Waals surface area (Å²) in [7, 11) is 0. The molecule has 4 aromatic rings. The van der Waals surface area contributed by atoms with Crippen LogP contribution >= 0.6 is 24.8 Å². The van der Waals surface area contributed by atoms with Crippen LogP contribution in [0.25, 0.3) is 27.8 Å². The molecule has 1 fully saturated rings. The molecule has 152 valence electrons. The molecular weight excluding hydrogens is 414 g/mol. The highest BCUT2D eigenvalue weighted by atomic mass is 35.5. The van der Waals surface area contributed by atoms with Gasteiger partial charge in [-0.15, -0.1) is 24.8 Å². The number of nitrogens with zero attached hydrogens (tertiary/aromatic N) is 5. The Morgan fingerprint density at radius 2 is 1.86 bits per heavy atom. The third-order valence-corrected chi connectivity index (χ3v) is 5.17. The van der Waals surface area contributed by atoms with Crippen LogP contribution in [0.1, 0.15) is 30.1 Å². The van der Waals surface area contributed by atoms with Crippen molar-refractivity contribution in [1.82, 2.24) is 30.1 Å². The molecule has 1 aliphatic heterocycles. The molecule has 1 aliphatic rings. The Kier molecular flexibility index (Phi) is 6.31. The summed E-state index contributed by atoms with van der Waals surface area (Å²) in [6.45, 7) is 3.85. The Balaban J connectivity index is 0.00000120. The van der Waals surface area contributed by atoms with Gasteiger partial charge in [0.05, 0.1) is 28.8 Å². The number of piperidine rings is 1. The summed E-state index contributed by atoms with van der Waals surface area (Å²) >= 11 is 0. The summed E-state index contributed by atoms with van der Waals surface area (Å²) in [4.78, 5) is 4.37. The summed E-state index contributed by atoms with van der Waals surface area (Å²) in [6.07, 6.45) is 3.86. The Labute approximate surface area is 179 Å². The van der Waals surface area contributed by atoms with Crippen molar-refractivity contribution in [2.75, 3.05) is 13.1 Å². The van der Waals surface area contributed by atoms with Gasteiger partial charge >= 0.3 is 0 Å². The maximum absolute atomic E-state index is 14.9. The third kappa shape index (κ3) is 4.03. The van der Waals surface area contributed by atoms with Crippen LogP contribution in [-0.4, -0.2) is 37.9 Å². The van der Waals surface area contributed by atoms with Gasteiger partial charge in [-0.1, -0.05) is 0 Å². The van der Waals surface area contributed by atoms with E-state index >= 15 is 0 Å². The molecule has 1 N–H and O–H groups in total. The second kappa shape index (κ2) is 8.57. The van der Waals surface area contributed by atoms with Crippen LogP contribution in [0.2, 0.25) is 0 Å². The Morgan fingerprint density at radius 3 is 2.66 bits per heavy atom. The number of hydrogen-bond donors (Lipinski definition) is 1. The fourth-order valence-electron chi connectivity index (χ4n) is 3.74. The van der Waals surface area contributed by atoms with E-state index in [1.54, 1.807) is 4.52 Å². The monoisotopic (exact) mass is 434 g/mol. The fourth-order valence-corrected chi connectivity index (χ4v) is 3.74. The number of nitrogens with one attached hydrogen (secondary N) is 1. The first-order chi connectivity index (χ1) is 13.2. The molecule has 9 heteroatoms. The van der Waals surface area contributed by atoms with Gasteiger partial charge in [0.1, 0.15) is 5.82 Å². The average molecular weight is 435 g/mol. The van der Waals surface area contributed by atoms with Crippen molar-refractivity contribution >= 4 is 41.4 Å². The summed E-state index contributed by atoms with van der Waals surface area (Å²) in [5.41, 5.74) is 4.43. The van der Waals surface area contributed by atoms with Gasteiger partial charge in [0.25, 0.3) is 0 Å². The summed E-state index contributed by atoms with van der Waals surface area (Å²) < 4.78 is 16.6. The number of aromatic nitrogens is 5. The third-order valence-electron chi connectivity index (χ3n) is 5.17. The molecule has 0 atom stereocenters. The molecule has 1 aromatic carbocycles. The van der Waals surface area contributed by atoms with Crippen molar-refractivity contribution in [3.63, 3.8) is 0 Å². The lowest BCUT2D eigenvalue weighted by molar-refractivity contribution is 0.451. The fraction of sp³-hybridized carbons (Fsp3) is 0.300. The van der Waals surface area contributed by atoms with Crippen molar-refractivity contribution in [2.24, 2.45) is 0 Å². The summed E-state index contributed by atoms with van der Waals surface area (Å²) in [5, 5.41) is 17.1. The van der Waals surface area contributed by atoms with Crippen molar-refractivity contribution < 1.29 is 4.39 Å². The van der Waals surface area contributed by atoms with Crippen LogP contribution in [0.5, 0.6) is 0 Å². The van der Waals surface area contributed by atoms with Crippen LogP contribution in [0.3, 0.4) is 0 Å². The molecule has 0 bridgehead atoms. The second-order valence-electron chi connectivity index (χ2n) is 7.09. The molecule has 29 heavy (non-hydrogen) atoms. The Hall–Kier alpha value is -2.35. The van der Waals surface area contributed by atoms with E-state index in [1.807, 2.05) is 37.4 Å². The predicted octanol–water partition coefficient (Wildman–Crippen LogP) is 4.10. The highest BCUT2D eigenvalue weighted by molar-refractivity contribution is 5.86. The van der Waals surface area contributed by atoms with E-state index < -0.39 is 0 Å². The molecule has 1 saturated heterocycles. The number of imidazole rings is 1. The van der Waals surface area contributed by atoms with Crippen LogP contribution < -0.4 is 5.32 Å². The highest BCUT2D eigenvalue weighted by Crippen LogP contribution is 2.29. The quantitative estimate of drug-likeness (QED) is 0.514. The minimum atomic E-state index is -0.295. The smallest absolute Gasteiger partial charge is 0.153 e.